The maximum Gasteiger partial charge on any atom is 0.338 e. The van der Waals surface area contributed by atoms with Crippen LogP contribution in [0, 0.1) is 17.4 Å². The van der Waals surface area contributed by atoms with Crippen molar-refractivity contribution in [3.63, 3.8) is 0 Å². The van der Waals surface area contributed by atoms with E-state index >= 15 is 0 Å². The maximum atomic E-state index is 11.9. The van der Waals surface area contributed by atoms with Crippen LogP contribution in [0.15, 0.2) is 42.5 Å². The molecule has 2 rings (SSSR count). The summed E-state index contributed by atoms with van der Waals surface area (Å²) in [6.07, 6.45) is 0. The first-order valence-electron chi connectivity index (χ1n) is 6.76. The van der Waals surface area contributed by atoms with Crippen LogP contribution in [0.5, 0.6) is 0 Å². The quantitative estimate of drug-likeness (QED) is 0.619. The van der Waals surface area contributed by atoms with Gasteiger partial charge in [0.1, 0.15) is 0 Å². The Labute approximate surface area is 143 Å². The zero-order chi connectivity index (χ0) is 16.1. The number of rotatable bonds is 4. The Bertz CT molecular complexity index is 713. The molecule has 0 aliphatic heterocycles. The molecule has 0 saturated carbocycles. The molecule has 0 unspecified atom stereocenters. The standard InChI is InChI=1S/C17H16INO3/c1-11-7-8-13(9-12(11)2)17(21)22-10-16(20)19-15-6-4-3-5-14(15)18/h3-9H,10H2,1-2H3,(H,19,20). The van der Waals surface area contributed by atoms with Crippen molar-refractivity contribution in [1.29, 1.82) is 0 Å². The summed E-state index contributed by atoms with van der Waals surface area (Å²) in [5, 5.41) is 2.71. The molecule has 1 N–H and O–H groups in total. The molecule has 2 aromatic rings. The highest BCUT2D eigenvalue weighted by Gasteiger charge is 2.11. The van der Waals surface area contributed by atoms with Crippen molar-refractivity contribution in [2.24, 2.45) is 0 Å². The van der Waals surface area contributed by atoms with Gasteiger partial charge in [-0.1, -0.05) is 18.2 Å². The summed E-state index contributed by atoms with van der Waals surface area (Å²) in [4.78, 5) is 23.8. The minimum absolute atomic E-state index is 0.309. The van der Waals surface area contributed by atoms with Crippen molar-refractivity contribution >= 4 is 40.2 Å². The summed E-state index contributed by atoms with van der Waals surface area (Å²) >= 11 is 2.13. The Morgan fingerprint density at radius 2 is 1.82 bits per heavy atom. The van der Waals surface area contributed by atoms with E-state index in [9.17, 15) is 9.59 Å². The lowest BCUT2D eigenvalue weighted by atomic mass is 10.1. The molecule has 0 aliphatic carbocycles. The van der Waals surface area contributed by atoms with Gasteiger partial charge in [-0.3, -0.25) is 4.79 Å². The Kier molecular flexibility index (Phi) is 5.54. The van der Waals surface area contributed by atoms with Crippen LogP contribution >= 0.6 is 22.6 Å². The van der Waals surface area contributed by atoms with Gasteiger partial charge in [-0.15, -0.1) is 0 Å². The molecule has 0 bridgehead atoms. The van der Waals surface area contributed by atoms with E-state index in [0.717, 1.165) is 14.7 Å². The number of halogens is 1. The summed E-state index contributed by atoms with van der Waals surface area (Å²) in [6, 6.07) is 12.7. The van der Waals surface area contributed by atoms with E-state index in [0.29, 0.717) is 11.3 Å². The third-order valence-electron chi connectivity index (χ3n) is 3.22. The Balaban J connectivity index is 1.92. The Morgan fingerprint density at radius 1 is 1.09 bits per heavy atom. The lowest BCUT2D eigenvalue weighted by Crippen LogP contribution is -2.21. The van der Waals surface area contributed by atoms with Crippen LogP contribution in [0.2, 0.25) is 0 Å². The molecule has 22 heavy (non-hydrogen) atoms. The van der Waals surface area contributed by atoms with Crippen LogP contribution in [0.3, 0.4) is 0 Å². The molecule has 0 aliphatic rings. The van der Waals surface area contributed by atoms with Gasteiger partial charge in [0, 0.05) is 3.57 Å². The van der Waals surface area contributed by atoms with Gasteiger partial charge in [-0.2, -0.15) is 0 Å². The van der Waals surface area contributed by atoms with Crippen LogP contribution in [0.4, 0.5) is 5.69 Å². The largest absolute Gasteiger partial charge is 0.452 e. The first-order chi connectivity index (χ1) is 10.5. The van der Waals surface area contributed by atoms with Gasteiger partial charge in [-0.25, -0.2) is 4.79 Å². The molecule has 0 spiro atoms. The molecule has 0 radical (unpaired) electrons. The van der Waals surface area contributed by atoms with E-state index in [1.165, 1.54) is 0 Å². The topological polar surface area (TPSA) is 55.4 Å². The first-order valence-corrected chi connectivity index (χ1v) is 7.84. The molecular formula is C17H16INO3. The number of carbonyl (C=O) groups is 2. The zero-order valence-electron chi connectivity index (χ0n) is 12.4. The van der Waals surface area contributed by atoms with Crippen LogP contribution in [0.25, 0.3) is 0 Å². The number of para-hydroxylation sites is 1. The molecule has 4 nitrogen and oxygen atoms in total. The third kappa shape index (κ3) is 4.30. The summed E-state index contributed by atoms with van der Waals surface area (Å²) < 4.78 is 5.97. The smallest absolute Gasteiger partial charge is 0.338 e. The van der Waals surface area contributed by atoms with E-state index in [1.54, 1.807) is 18.2 Å². The summed E-state index contributed by atoms with van der Waals surface area (Å²) in [6.45, 7) is 3.59. The highest BCUT2D eigenvalue weighted by molar-refractivity contribution is 14.1. The monoisotopic (exact) mass is 409 g/mol. The molecule has 0 atom stereocenters. The van der Waals surface area contributed by atoms with E-state index in [-0.39, 0.29) is 12.5 Å². The van der Waals surface area contributed by atoms with Gasteiger partial charge >= 0.3 is 5.97 Å². The van der Waals surface area contributed by atoms with Crippen molar-refractivity contribution in [3.8, 4) is 0 Å². The Hall–Kier alpha value is -1.89. The molecule has 5 heteroatoms. The fourth-order valence-electron chi connectivity index (χ4n) is 1.83. The molecular weight excluding hydrogens is 393 g/mol. The fourth-order valence-corrected chi connectivity index (χ4v) is 2.35. The number of ether oxygens (including phenoxy) is 1. The van der Waals surface area contributed by atoms with E-state index in [2.05, 4.69) is 27.9 Å². The number of aryl methyl sites for hydroxylation is 2. The highest BCUT2D eigenvalue weighted by Crippen LogP contribution is 2.16. The number of nitrogens with one attached hydrogen (secondary N) is 1. The number of hydrogen-bond acceptors (Lipinski definition) is 3. The lowest BCUT2D eigenvalue weighted by molar-refractivity contribution is -0.119. The number of esters is 1. The van der Waals surface area contributed by atoms with Crippen molar-refractivity contribution in [3.05, 3.63) is 62.7 Å². The van der Waals surface area contributed by atoms with Crippen molar-refractivity contribution in [1.82, 2.24) is 0 Å². The second kappa shape index (κ2) is 7.40. The second-order valence-corrected chi connectivity index (χ2v) is 6.07. The van der Waals surface area contributed by atoms with Crippen LogP contribution in [0.1, 0.15) is 21.5 Å². The van der Waals surface area contributed by atoms with Crippen molar-refractivity contribution in [2.75, 3.05) is 11.9 Å². The molecule has 2 aromatic carbocycles. The van der Waals surface area contributed by atoms with Crippen LogP contribution < -0.4 is 5.32 Å². The zero-order valence-corrected chi connectivity index (χ0v) is 14.5. The Morgan fingerprint density at radius 3 is 2.50 bits per heavy atom. The fraction of sp³-hybridized carbons (Fsp3) is 0.176. The summed E-state index contributed by atoms with van der Waals surface area (Å²) in [5.41, 5.74) is 3.27. The number of hydrogen-bond donors (Lipinski definition) is 1. The number of amides is 1. The molecule has 0 fully saturated rings. The minimum Gasteiger partial charge on any atom is -0.452 e. The van der Waals surface area contributed by atoms with Crippen molar-refractivity contribution in [2.45, 2.75) is 13.8 Å². The average Bonchev–Trinajstić information content (AvgIpc) is 2.50. The van der Waals surface area contributed by atoms with Gasteiger partial charge in [-0.05, 0) is 71.8 Å². The maximum absolute atomic E-state index is 11.9. The second-order valence-electron chi connectivity index (χ2n) is 4.90. The highest BCUT2D eigenvalue weighted by atomic mass is 127. The lowest BCUT2D eigenvalue weighted by Gasteiger charge is -2.08. The van der Waals surface area contributed by atoms with Crippen molar-refractivity contribution < 1.29 is 14.3 Å². The first kappa shape index (κ1) is 16.5. The summed E-state index contributed by atoms with van der Waals surface area (Å²) in [7, 11) is 0. The average molecular weight is 409 g/mol. The summed E-state index contributed by atoms with van der Waals surface area (Å²) in [5.74, 6) is -0.859. The van der Waals surface area contributed by atoms with Gasteiger partial charge in [0.25, 0.3) is 5.91 Å². The van der Waals surface area contributed by atoms with Gasteiger partial charge in [0.15, 0.2) is 6.61 Å². The predicted molar refractivity (Wildman–Crippen MR) is 94.0 cm³/mol. The van der Waals surface area contributed by atoms with E-state index in [1.807, 2.05) is 38.1 Å². The number of anilines is 1. The third-order valence-corrected chi connectivity index (χ3v) is 4.17. The van der Waals surface area contributed by atoms with Gasteiger partial charge < -0.3 is 10.1 Å². The van der Waals surface area contributed by atoms with Gasteiger partial charge in [0.2, 0.25) is 0 Å². The molecule has 0 heterocycles. The molecule has 114 valence electrons. The van der Waals surface area contributed by atoms with Crippen LogP contribution in [-0.2, 0) is 9.53 Å². The van der Waals surface area contributed by atoms with Gasteiger partial charge in [0.05, 0.1) is 11.3 Å². The van der Waals surface area contributed by atoms with Crippen LogP contribution in [-0.4, -0.2) is 18.5 Å². The SMILES string of the molecule is Cc1ccc(C(=O)OCC(=O)Nc2ccccc2I)cc1C. The normalized spacial score (nSPS) is 10.1. The molecule has 0 saturated heterocycles. The minimum atomic E-state index is -0.499. The number of benzene rings is 2. The molecule has 1 amide bonds. The van der Waals surface area contributed by atoms with E-state index in [4.69, 9.17) is 4.74 Å². The van der Waals surface area contributed by atoms with E-state index < -0.39 is 5.97 Å². The molecule has 0 aromatic heterocycles. The predicted octanol–water partition coefficient (Wildman–Crippen LogP) is 3.70. The number of carbonyl (C=O) groups excluding carboxylic acids is 2.